The van der Waals surface area contributed by atoms with Crippen molar-refractivity contribution in [2.75, 3.05) is 20.2 Å². The van der Waals surface area contributed by atoms with Crippen LogP contribution in [-0.4, -0.2) is 30.0 Å². The summed E-state index contributed by atoms with van der Waals surface area (Å²) in [6, 6.07) is 0. The Balaban J connectivity index is 2.33. The number of nitrogens with zero attached hydrogens (tertiary/aromatic N) is 2. The van der Waals surface area contributed by atoms with Gasteiger partial charge in [-0.15, -0.1) is 0 Å². The van der Waals surface area contributed by atoms with Crippen LogP contribution in [0.3, 0.4) is 0 Å². The number of ether oxygens (including phenoxy) is 1. The summed E-state index contributed by atoms with van der Waals surface area (Å²) in [7, 11) is 1.58. The van der Waals surface area contributed by atoms with E-state index in [4.69, 9.17) is 4.74 Å². The first-order valence-electron chi connectivity index (χ1n) is 7.11. The normalized spacial score (nSPS) is 23.1. The van der Waals surface area contributed by atoms with Crippen LogP contribution in [0.5, 0.6) is 5.75 Å². The molecule has 19 heavy (non-hydrogen) atoms. The van der Waals surface area contributed by atoms with Crippen molar-refractivity contribution in [1.29, 1.82) is 0 Å². The van der Waals surface area contributed by atoms with Crippen LogP contribution < -0.4 is 10.1 Å². The van der Waals surface area contributed by atoms with E-state index in [2.05, 4.69) is 17.3 Å². The summed E-state index contributed by atoms with van der Waals surface area (Å²) < 4.78 is 22.5. The van der Waals surface area contributed by atoms with E-state index in [1.54, 1.807) is 24.9 Å². The quantitative estimate of drug-likeness (QED) is 0.892. The van der Waals surface area contributed by atoms with Gasteiger partial charge in [-0.2, -0.15) is 5.10 Å². The van der Waals surface area contributed by atoms with E-state index in [1.165, 1.54) is 0 Å². The zero-order chi connectivity index (χ0) is 13.9. The maximum atomic E-state index is 15.4. The lowest BCUT2D eigenvalue weighted by molar-refractivity contribution is 0.0682. The number of rotatable bonds is 5. The zero-order valence-corrected chi connectivity index (χ0v) is 12.1. The molecule has 0 bridgehead atoms. The average Bonchev–Trinajstić information content (AvgIpc) is 2.84. The van der Waals surface area contributed by atoms with E-state index >= 15 is 4.39 Å². The van der Waals surface area contributed by atoms with Crippen LogP contribution in [0.2, 0.25) is 0 Å². The minimum Gasteiger partial charge on any atom is -0.493 e. The molecule has 1 aromatic heterocycles. The van der Waals surface area contributed by atoms with Crippen molar-refractivity contribution in [2.45, 2.75) is 45.3 Å². The Hall–Kier alpha value is -1.10. The number of nitrogens with one attached hydrogen (secondary N) is 1. The number of aromatic nitrogens is 2. The molecule has 1 aromatic rings. The molecule has 4 nitrogen and oxygen atoms in total. The first-order valence-corrected chi connectivity index (χ1v) is 7.11. The minimum atomic E-state index is -1.41. The van der Waals surface area contributed by atoms with Gasteiger partial charge in [0.05, 0.1) is 13.3 Å². The Morgan fingerprint density at radius 1 is 1.63 bits per heavy atom. The molecule has 5 heteroatoms. The largest absolute Gasteiger partial charge is 0.493 e. The highest BCUT2D eigenvalue weighted by atomic mass is 19.1. The summed E-state index contributed by atoms with van der Waals surface area (Å²) in [6.45, 7) is 6.15. The van der Waals surface area contributed by atoms with Crippen molar-refractivity contribution in [1.82, 2.24) is 15.1 Å². The van der Waals surface area contributed by atoms with Gasteiger partial charge < -0.3 is 10.1 Å². The molecule has 0 saturated carbocycles. The lowest BCUT2D eigenvalue weighted by Crippen LogP contribution is -2.41. The molecule has 1 aliphatic rings. The van der Waals surface area contributed by atoms with Gasteiger partial charge in [0.25, 0.3) is 0 Å². The third kappa shape index (κ3) is 2.76. The van der Waals surface area contributed by atoms with Crippen LogP contribution in [0.15, 0.2) is 6.20 Å². The lowest BCUT2D eigenvalue weighted by Gasteiger charge is -2.34. The molecule has 2 heterocycles. The first-order chi connectivity index (χ1) is 9.11. The zero-order valence-electron chi connectivity index (χ0n) is 12.1. The van der Waals surface area contributed by atoms with Crippen LogP contribution in [-0.2, 0) is 12.2 Å². The molecule has 1 N–H and O–H groups in total. The molecule has 0 aromatic carbocycles. The smallest absolute Gasteiger partial charge is 0.163 e. The van der Waals surface area contributed by atoms with Crippen LogP contribution >= 0.6 is 0 Å². The average molecular weight is 269 g/mol. The molecule has 2 atom stereocenters. The van der Waals surface area contributed by atoms with Crippen LogP contribution in [0.1, 0.15) is 38.8 Å². The van der Waals surface area contributed by atoms with Gasteiger partial charge in [0, 0.05) is 19.0 Å². The fraction of sp³-hybridized carbons (Fsp3) is 0.786. The Morgan fingerprint density at radius 2 is 2.42 bits per heavy atom. The third-order valence-corrected chi connectivity index (χ3v) is 3.99. The van der Waals surface area contributed by atoms with Crippen molar-refractivity contribution in [2.24, 2.45) is 5.92 Å². The second-order valence-corrected chi connectivity index (χ2v) is 5.40. The monoisotopic (exact) mass is 269 g/mol. The predicted molar refractivity (Wildman–Crippen MR) is 73.1 cm³/mol. The summed E-state index contributed by atoms with van der Waals surface area (Å²) in [5.74, 6) is 0.534. The Labute approximate surface area is 114 Å². The van der Waals surface area contributed by atoms with E-state index in [-0.39, 0.29) is 5.92 Å². The molecular formula is C14H24FN3O. The van der Waals surface area contributed by atoms with Gasteiger partial charge in [-0.3, -0.25) is 4.68 Å². The van der Waals surface area contributed by atoms with Crippen molar-refractivity contribution in [3.8, 4) is 5.75 Å². The highest BCUT2D eigenvalue weighted by Gasteiger charge is 2.41. The summed E-state index contributed by atoms with van der Waals surface area (Å²) >= 11 is 0. The summed E-state index contributed by atoms with van der Waals surface area (Å²) in [5, 5.41) is 7.55. The molecule has 1 aliphatic heterocycles. The van der Waals surface area contributed by atoms with Gasteiger partial charge in [-0.1, -0.05) is 6.92 Å². The fourth-order valence-electron chi connectivity index (χ4n) is 2.90. The Bertz CT molecular complexity index is 411. The number of hydrogen-bond acceptors (Lipinski definition) is 3. The minimum absolute atomic E-state index is 0.0255. The highest BCUT2D eigenvalue weighted by Crippen LogP contribution is 2.41. The second-order valence-electron chi connectivity index (χ2n) is 5.40. The lowest BCUT2D eigenvalue weighted by atomic mass is 9.82. The van der Waals surface area contributed by atoms with E-state index in [9.17, 15) is 0 Å². The molecule has 1 saturated heterocycles. The second kappa shape index (κ2) is 5.90. The molecule has 0 spiro atoms. The standard InChI is InChI=1S/C14H24FN3O/c1-4-8-18-13(12(19-3)10-17-18)14(2,15)11-6-5-7-16-9-11/h10-11,16H,4-9H2,1-3H3. The van der Waals surface area contributed by atoms with Crippen LogP contribution in [0.25, 0.3) is 0 Å². The molecular weight excluding hydrogens is 245 g/mol. The van der Waals surface area contributed by atoms with Gasteiger partial charge in [0.2, 0.25) is 0 Å². The molecule has 0 amide bonds. The maximum Gasteiger partial charge on any atom is 0.163 e. The van der Waals surface area contributed by atoms with Crippen molar-refractivity contribution < 1.29 is 9.13 Å². The van der Waals surface area contributed by atoms with Crippen molar-refractivity contribution in [3.05, 3.63) is 11.9 Å². The van der Waals surface area contributed by atoms with Gasteiger partial charge in [-0.05, 0) is 32.7 Å². The van der Waals surface area contributed by atoms with E-state index in [1.807, 2.05) is 0 Å². The molecule has 0 radical (unpaired) electrons. The van der Waals surface area contributed by atoms with Crippen LogP contribution in [0.4, 0.5) is 4.39 Å². The van der Waals surface area contributed by atoms with Crippen molar-refractivity contribution >= 4 is 0 Å². The van der Waals surface area contributed by atoms with E-state index in [0.717, 1.165) is 32.4 Å². The molecule has 2 unspecified atom stereocenters. The highest BCUT2D eigenvalue weighted by molar-refractivity contribution is 5.31. The SMILES string of the molecule is CCCn1ncc(OC)c1C(C)(F)C1CCCNC1. The van der Waals surface area contributed by atoms with E-state index in [0.29, 0.717) is 18.0 Å². The molecule has 2 rings (SSSR count). The Kier molecular flexibility index (Phi) is 4.45. The summed E-state index contributed by atoms with van der Waals surface area (Å²) in [4.78, 5) is 0. The number of hydrogen-bond donors (Lipinski definition) is 1. The predicted octanol–water partition coefficient (Wildman–Crippen LogP) is 2.49. The summed E-state index contributed by atoms with van der Waals surface area (Å²) in [5.41, 5.74) is -0.824. The van der Waals surface area contributed by atoms with Gasteiger partial charge >= 0.3 is 0 Å². The number of alkyl halides is 1. The fourth-order valence-corrected chi connectivity index (χ4v) is 2.90. The first kappa shape index (κ1) is 14.3. The molecule has 108 valence electrons. The molecule has 1 fully saturated rings. The topological polar surface area (TPSA) is 39.1 Å². The van der Waals surface area contributed by atoms with E-state index < -0.39 is 5.67 Å². The van der Waals surface area contributed by atoms with Gasteiger partial charge in [0.1, 0.15) is 5.69 Å². The number of halogens is 1. The maximum absolute atomic E-state index is 15.4. The molecule has 0 aliphatic carbocycles. The summed E-state index contributed by atoms with van der Waals surface area (Å²) in [6.07, 6.45) is 4.48. The number of piperidine rings is 1. The van der Waals surface area contributed by atoms with Gasteiger partial charge in [0.15, 0.2) is 11.4 Å². The number of aryl methyl sites for hydroxylation is 1. The van der Waals surface area contributed by atoms with Gasteiger partial charge in [-0.25, -0.2) is 4.39 Å². The Morgan fingerprint density at radius 3 is 3.00 bits per heavy atom. The van der Waals surface area contributed by atoms with Crippen LogP contribution in [0, 0.1) is 5.92 Å². The van der Waals surface area contributed by atoms with Crippen molar-refractivity contribution in [3.63, 3.8) is 0 Å². The third-order valence-electron chi connectivity index (χ3n) is 3.99. The number of methoxy groups -OCH3 is 1.